The Balaban J connectivity index is 1.31. The smallest absolute Gasteiger partial charge is 0.196 e. The van der Waals surface area contributed by atoms with E-state index in [0.29, 0.717) is 22.5 Å². The fourth-order valence-electron chi connectivity index (χ4n) is 7.19. The van der Waals surface area contributed by atoms with Gasteiger partial charge in [0, 0.05) is 16.7 Å². The zero-order valence-electron chi connectivity index (χ0n) is 20.8. The fourth-order valence-corrected chi connectivity index (χ4v) is 7.19. The van der Waals surface area contributed by atoms with Gasteiger partial charge in [-0.1, -0.05) is 109 Å². The van der Waals surface area contributed by atoms with Crippen LogP contribution >= 0.6 is 0 Å². The molecule has 0 fully saturated rings. The van der Waals surface area contributed by atoms with Crippen molar-refractivity contribution in [3.63, 3.8) is 0 Å². The van der Waals surface area contributed by atoms with Crippen LogP contribution in [0.25, 0.3) is 44.8 Å². The molecule has 39 heavy (non-hydrogen) atoms. The van der Waals surface area contributed by atoms with Gasteiger partial charge in [0.05, 0.1) is 16.7 Å². The van der Waals surface area contributed by atoms with Gasteiger partial charge in [-0.05, 0) is 56.6 Å². The number of rotatable bonds is 1. The van der Waals surface area contributed by atoms with Crippen molar-refractivity contribution in [3.05, 3.63) is 155 Å². The number of carbonyl (C=O) groups is 1. The van der Waals surface area contributed by atoms with Gasteiger partial charge in [-0.2, -0.15) is 0 Å². The third-order valence-electron chi connectivity index (χ3n) is 8.76. The lowest BCUT2D eigenvalue weighted by Crippen LogP contribution is -2.25. The predicted octanol–water partition coefficient (Wildman–Crippen LogP) is 7.70. The number of aromatic nitrogens is 2. The number of hydrogen-bond donors (Lipinski definition) is 0. The number of nitrogens with zero attached hydrogens (tertiary/aromatic N) is 2. The molecule has 0 N–H and O–H groups in total. The Morgan fingerprint density at radius 2 is 0.949 bits per heavy atom. The molecule has 0 unspecified atom stereocenters. The first-order valence-corrected chi connectivity index (χ1v) is 13.2. The largest absolute Gasteiger partial charge is 0.289 e. The number of benzene rings is 5. The molecule has 3 heteroatoms. The average Bonchev–Trinajstić information content (AvgIpc) is 3.58. The molecule has 180 valence electrons. The highest BCUT2D eigenvalue weighted by atomic mass is 16.1. The molecule has 1 aromatic heterocycles. The molecule has 5 aromatic carbocycles. The summed E-state index contributed by atoms with van der Waals surface area (Å²) in [5.41, 5.74) is 14.3. The van der Waals surface area contributed by atoms with E-state index in [-0.39, 0.29) is 5.78 Å². The molecule has 3 nitrogen and oxygen atoms in total. The molecule has 0 aliphatic heterocycles. The van der Waals surface area contributed by atoms with Crippen LogP contribution in [-0.2, 0) is 5.41 Å². The van der Waals surface area contributed by atoms with Crippen molar-refractivity contribution in [1.29, 1.82) is 0 Å². The Morgan fingerprint density at radius 3 is 1.56 bits per heavy atom. The van der Waals surface area contributed by atoms with Crippen molar-refractivity contribution in [3.8, 4) is 44.8 Å². The second kappa shape index (κ2) is 7.24. The van der Waals surface area contributed by atoms with Crippen LogP contribution in [0.2, 0.25) is 0 Å². The molecule has 1 heterocycles. The second-order valence-electron chi connectivity index (χ2n) is 10.5. The minimum Gasteiger partial charge on any atom is -0.289 e. The molecule has 6 aromatic rings. The molecule has 0 saturated heterocycles. The summed E-state index contributed by atoms with van der Waals surface area (Å²) < 4.78 is 0. The summed E-state index contributed by atoms with van der Waals surface area (Å²) in [6.07, 6.45) is 0. The van der Waals surface area contributed by atoms with E-state index in [0.717, 1.165) is 11.1 Å². The summed E-state index contributed by atoms with van der Waals surface area (Å²) in [6.45, 7) is 0. The predicted molar refractivity (Wildman–Crippen MR) is 153 cm³/mol. The van der Waals surface area contributed by atoms with Gasteiger partial charge < -0.3 is 0 Å². The highest BCUT2D eigenvalue weighted by Crippen LogP contribution is 2.62. The molecular formula is C36H20N2O. The summed E-state index contributed by atoms with van der Waals surface area (Å²) in [5.74, 6) is 0.0143. The molecule has 0 radical (unpaired) electrons. The standard InChI is InChI=1S/C36H20N2O/c39-35-27-13-2-1-12-26(27)34-28(35)20-33(37-38-34)21-17-18-25-24-11-5-8-16-31(24)36(32(25)19-21)29-14-6-3-9-22(29)23-10-4-7-15-30(23)36/h1-20H. The van der Waals surface area contributed by atoms with Crippen molar-refractivity contribution in [2.75, 3.05) is 0 Å². The van der Waals surface area contributed by atoms with Crippen LogP contribution in [0, 0.1) is 0 Å². The number of hydrogen-bond acceptors (Lipinski definition) is 3. The maximum Gasteiger partial charge on any atom is 0.196 e. The Morgan fingerprint density at radius 1 is 0.436 bits per heavy atom. The third-order valence-corrected chi connectivity index (χ3v) is 8.76. The van der Waals surface area contributed by atoms with E-state index in [4.69, 9.17) is 0 Å². The van der Waals surface area contributed by atoms with Crippen LogP contribution in [0.4, 0.5) is 0 Å². The summed E-state index contributed by atoms with van der Waals surface area (Å²) in [6, 6.07) is 42.5. The SMILES string of the molecule is O=C1c2ccccc2-c2nnc(-c3ccc4c(c3)C3(c5ccccc5-c5ccccc53)c3ccccc3-4)cc21. The minimum absolute atomic E-state index is 0.0143. The first kappa shape index (κ1) is 20.9. The van der Waals surface area contributed by atoms with Gasteiger partial charge in [-0.15, -0.1) is 10.2 Å². The summed E-state index contributed by atoms with van der Waals surface area (Å²) >= 11 is 0. The molecular weight excluding hydrogens is 476 g/mol. The Hall–Kier alpha value is -5.15. The number of carbonyl (C=O) groups excluding carboxylic acids is 1. The molecule has 0 saturated carbocycles. The van der Waals surface area contributed by atoms with Crippen molar-refractivity contribution in [2.45, 2.75) is 5.41 Å². The fraction of sp³-hybridized carbons (Fsp3) is 0.0278. The van der Waals surface area contributed by atoms with Gasteiger partial charge in [0.25, 0.3) is 0 Å². The van der Waals surface area contributed by atoms with Crippen LogP contribution in [0.3, 0.4) is 0 Å². The highest BCUT2D eigenvalue weighted by Gasteiger charge is 2.51. The summed E-state index contributed by atoms with van der Waals surface area (Å²) in [4.78, 5) is 13.2. The van der Waals surface area contributed by atoms with Gasteiger partial charge in [0.1, 0.15) is 5.69 Å². The van der Waals surface area contributed by atoms with E-state index in [1.165, 1.54) is 44.5 Å². The van der Waals surface area contributed by atoms with E-state index in [2.05, 4.69) is 101 Å². The first-order valence-electron chi connectivity index (χ1n) is 13.2. The number of fused-ring (bicyclic) bond motifs is 13. The van der Waals surface area contributed by atoms with Crippen molar-refractivity contribution in [2.24, 2.45) is 0 Å². The molecule has 0 bridgehead atoms. The Kier molecular flexibility index (Phi) is 3.87. The molecule has 3 aliphatic carbocycles. The van der Waals surface area contributed by atoms with Crippen LogP contribution in [0.15, 0.2) is 121 Å². The quantitative estimate of drug-likeness (QED) is 0.234. The molecule has 0 atom stereocenters. The Labute approximate surface area is 225 Å². The van der Waals surface area contributed by atoms with E-state index in [9.17, 15) is 4.79 Å². The van der Waals surface area contributed by atoms with E-state index < -0.39 is 5.41 Å². The van der Waals surface area contributed by atoms with Crippen LogP contribution in [0.5, 0.6) is 0 Å². The van der Waals surface area contributed by atoms with Gasteiger partial charge >= 0.3 is 0 Å². The second-order valence-corrected chi connectivity index (χ2v) is 10.5. The minimum atomic E-state index is -0.411. The van der Waals surface area contributed by atoms with Gasteiger partial charge in [-0.3, -0.25) is 4.79 Å². The number of ketones is 1. The summed E-state index contributed by atoms with van der Waals surface area (Å²) in [5, 5.41) is 9.18. The third kappa shape index (κ3) is 2.45. The summed E-state index contributed by atoms with van der Waals surface area (Å²) in [7, 11) is 0. The Bertz CT molecular complexity index is 1990. The van der Waals surface area contributed by atoms with Crippen LogP contribution < -0.4 is 0 Å². The van der Waals surface area contributed by atoms with Crippen molar-refractivity contribution >= 4 is 5.78 Å². The van der Waals surface area contributed by atoms with Crippen LogP contribution in [-0.4, -0.2) is 16.0 Å². The van der Waals surface area contributed by atoms with Gasteiger partial charge in [0.2, 0.25) is 0 Å². The maximum absolute atomic E-state index is 13.2. The first-order chi connectivity index (χ1) is 19.3. The molecule has 9 rings (SSSR count). The van der Waals surface area contributed by atoms with Gasteiger partial charge in [-0.25, -0.2) is 0 Å². The normalized spacial score (nSPS) is 14.4. The van der Waals surface area contributed by atoms with Gasteiger partial charge in [0.15, 0.2) is 5.78 Å². The lowest BCUT2D eigenvalue weighted by atomic mass is 9.70. The maximum atomic E-state index is 13.2. The van der Waals surface area contributed by atoms with E-state index >= 15 is 0 Å². The highest BCUT2D eigenvalue weighted by molar-refractivity contribution is 6.21. The topological polar surface area (TPSA) is 42.9 Å². The molecule has 1 spiro atoms. The van der Waals surface area contributed by atoms with Crippen molar-refractivity contribution < 1.29 is 4.79 Å². The lowest BCUT2D eigenvalue weighted by molar-refractivity contribution is 0.104. The van der Waals surface area contributed by atoms with E-state index in [1.807, 2.05) is 30.3 Å². The average molecular weight is 497 g/mol. The monoisotopic (exact) mass is 496 g/mol. The lowest BCUT2D eigenvalue weighted by Gasteiger charge is -2.30. The van der Waals surface area contributed by atoms with E-state index in [1.54, 1.807) is 0 Å². The van der Waals surface area contributed by atoms with Crippen LogP contribution in [0.1, 0.15) is 38.2 Å². The molecule has 3 aliphatic rings. The molecule has 0 amide bonds. The zero-order valence-corrected chi connectivity index (χ0v) is 20.8. The van der Waals surface area contributed by atoms with Crippen molar-refractivity contribution in [1.82, 2.24) is 10.2 Å². The zero-order chi connectivity index (χ0) is 25.7.